The molecule has 0 aromatic heterocycles. The van der Waals surface area contributed by atoms with Gasteiger partial charge < -0.3 is 20.3 Å². The Hall–Kier alpha value is -2.18. The zero-order valence-electron chi connectivity index (χ0n) is 18.6. The number of benzene rings is 2. The van der Waals surface area contributed by atoms with Crippen molar-refractivity contribution in [2.75, 3.05) is 43.4 Å². The Labute approximate surface area is 185 Å². The predicted molar refractivity (Wildman–Crippen MR) is 128 cm³/mol. The Kier molecular flexibility index (Phi) is 10.0. The minimum atomic E-state index is 0.0717. The molecule has 2 N–H and O–H groups in total. The van der Waals surface area contributed by atoms with E-state index in [-0.39, 0.29) is 11.9 Å². The van der Waals surface area contributed by atoms with Crippen LogP contribution in [-0.2, 0) is 0 Å². The van der Waals surface area contributed by atoms with Crippen LogP contribution in [0.3, 0.4) is 0 Å². The summed E-state index contributed by atoms with van der Waals surface area (Å²) in [7, 11) is 0. The first-order valence-electron chi connectivity index (χ1n) is 10.8. The van der Waals surface area contributed by atoms with Crippen LogP contribution in [0.25, 0.3) is 0 Å². The van der Waals surface area contributed by atoms with Crippen molar-refractivity contribution in [1.29, 1.82) is 0 Å². The average molecular weight is 430 g/mol. The molecule has 1 atom stereocenters. The molecule has 0 aliphatic heterocycles. The first-order valence-corrected chi connectivity index (χ1v) is 11.7. The molecule has 30 heavy (non-hydrogen) atoms. The van der Waals surface area contributed by atoms with Crippen molar-refractivity contribution in [2.24, 2.45) is 5.73 Å². The lowest BCUT2D eigenvalue weighted by molar-refractivity contribution is 0.0756. The number of thioether (sulfide) groups is 1. The Morgan fingerprint density at radius 2 is 1.70 bits per heavy atom. The number of hydrogen-bond donors (Lipinski definition) is 1. The number of carbonyl (C=O) groups excluding carboxylic acids is 1. The molecule has 0 aliphatic rings. The fourth-order valence-corrected chi connectivity index (χ4v) is 4.16. The number of nitrogens with zero attached hydrogens (tertiary/aromatic N) is 2. The number of carbonyl (C=O) groups is 1. The average Bonchev–Trinajstić information content (AvgIpc) is 2.77. The van der Waals surface area contributed by atoms with Gasteiger partial charge in [-0.25, -0.2) is 0 Å². The van der Waals surface area contributed by atoms with E-state index in [0.29, 0.717) is 26.2 Å². The van der Waals surface area contributed by atoms with Gasteiger partial charge >= 0.3 is 0 Å². The minimum absolute atomic E-state index is 0.0717. The van der Waals surface area contributed by atoms with E-state index in [0.717, 1.165) is 34.2 Å². The first-order chi connectivity index (χ1) is 14.5. The van der Waals surface area contributed by atoms with Gasteiger partial charge in [-0.2, -0.15) is 0 Å². The number of ether oxygens (including phenoxy) is 1. The van der Waals surface area contributed by atoms with Crippen LogP contribution < -0.4 is 15.4 Å². The minimum Gasteiger partial charge on any atom is -0.494 e. The molecule has 0 fully saturated rings. The lowest BCUT2D eigenvalue weighted by Crippen LogP contribution is -2.44. The highest BCUT2D eigenvalue weighted by Crippen LogP contribution is 2.22. The quantitative estimate of drug-likeness (QED) is 0.503. The zero-order valence-corrected chi connectivity index (χ0v) is 19.5. The van der Waals surface area contributed by atoms with Gasteiger partial charge in [0.1, 0.15) is 5.75 Å². The summed E-state index contributed by atoms with van der Waals surface area (Å²) in [5.74, 6) is 1.83. The van der Waals surface area contributed by atoms with Crippen molar-refractivity contribution >= 4 is 23.4 Å². The van der Waals surface area contributed by atoms with Gasteiger partial charge in [-0.3, -0.25) is 4.79 Å². The topological polar surface area (TPSA) is 58.8 Å². The fraction of sp³-hybridized carbons (Fsp3) is 0.458. The summed E-state index contributed by atoms with van der Waals surface area (Å²) in [6.07, 6.45) is 0. The summed E-state index contributed by atoms with van der Waals surface area (Å²) in [5.41, 5.74) is 7.43. The third-order valence-electron chi connectivity index (χ3n) is 4.99. The zero-order chi connectivity index (χ0) is 21.9. The second-order valence-corrected chi connectivity index (χ2v) is 8.24. The summed E-state index contributed by atoms with van der Waals surface area (Å²) in [5, 5.41) is 0. The smallest absolute Gasteiger partial charge is 0.253 e. The Morgan fingerprint density at radius 3 is 2.23 bits per heavy atom. The molecule has 0 saturated heterocycles. The summed E-state index contributed by atoms with van der Waals surface area (Å²) >= 11 is 1.71. The number of nitrogens with two attached hydrogens (primary N) is 1. The molecule has 5 nitrogen and oxygen atoms in total. The summed E-state index contributed by atoms with van der Waals surface area (Å²) in [6, 6.07) is 16.2. The molecular formula is C24H35N3O2S. The van der Waals surface area contributed by atoms with Crippen LogP contribution in [0.4, 0.5) is 5.69 Å². The Bertz CT molecular complexity index is 765. The SMILES string of the molecule is CCOc1ccc(N(CC)[C@@H](C)CN(CC)C(=O)c2ccc(SCCN)cc2)cc1. The maximum absolute atomic E-state index is 13.1. The second kappa shape index (κ2) is 12.5. The molecule has 0 bridgehead atoms. The number of amides is 1. The number of rotatable bonds is 12. The van der Waals surface area contributed by atoms with E-state index in [2.05, 4.69) is 30.9 Å². The molecule has 0 unspecified atom stereocenters. The fourth-order valence-electron chi connectivity index (χ4n) is 3.48. The molecule has 6 heteroatoms. The molecular weight excluding hydrogens is 394 g/mol. The third-order valence-corrected chi connectivity index (χ3v) is 6.04. The van der Waals surface area contributed by atoms with Gasteiger partial charge in [0.15, 0.2) is 0 Å². The van der Waals surface area contributed by atoms with Gasteiger partial charge in [-0.1, -0.05) is 0 Å². The summed E-state index contributed by atoms with van der Waals surface area (Å²) in [4.78, 5) is 18.4. The van der Waals surface area contributed by atoms with E-state index in [1.807, 2.05) is 55.1 Å². The lowest BCUT2D eigenvalue weighted by atomic mass is 10.1. The normalized spacial score (nSPS) is 11.8. The molecule has 164 valence electrons. The van der Waals surface area contributed by atoms with E-state index < -0.39 is 0 Å². The van der Waals surface area contributed by atoms with Gasteiger partial charge in [0.05, 0.1) is 6.61 Å². The van der Waals surface area contributed by atoms with Crippen molar-refractivity contribution < 1.29 is 9.53 Å². The van der Waals surface area contributed by atoms with Crippen LogP contribution in [0.2, 0.25) is 0 Å². The van der Waals surface area contributed by atoms with Gasteiger partial charge in [0.25, 0.3) is 5.91 Å². The lowest BCUT2D eigenvalue weighted by Gasteiger charge is -2.34. The van der Waals surface area contributed by atoms with Crippen LogP contribution in [0.1, 0.15) is 38.1 Å². The Morgan fingerprint density at radius 1 is 1.03 bits per heavy atom. The second-order valence-electron chi connectivity index (χ2n) is 7.07. The number of hydrogen-bond acceptors (Lipinski definition) is 5. The molecule has 0 aliphatic carbocycles. The molecule has 0 saturated carbocycles. The molecule has 1 amide bonds. The van der Waals surface area contributed by atoms with Crippen LogP contribution >= 0.6 is 11.8 Å². The maximum atomic E-state index is 13.1. The van der Waals surface area contributed by atoms with Gasteiger partial charge in [-0.05, 0) is 76.2 Å². The van der Waals surface area contributed by atoms with E-state index in [1.54, 1.807) is 11.8 Å². The molecule has 0 radical (unpaired) electrons. The van der Waals surface area contributed by atoms with Crippen molar-refractivity contribution in [1.82, 2.24) is 4.90 Å². The van der Waals surface area contributed by atoms with Crippen LogP contribution in [0, 0.1) is 0 Å². The van der Waals surface area contributed by atoms with Gasteiger partial charge in [0.2, 0.25) is 0 Å². The van der Waals surface area contributed by atoms with Crippen LogP contribution in [0.5, 0.6) is 5.75 Å². The molecule has 2 rings (SSSR count). The standard InChI is InChI=1S/C24H35N3O2S/c1-5-26(24(28)20-8-14-23(15-9-20)30-17-16-25)18-19(4)27(6-2)21-10-12-22(13-11-21)29-7-3/h8-15,19H,5-7,16-18,25H2,1-4H3/t19-/m0/s1. The van der Waals surface area contributed by atoms with Gasteiger partial charge in [-0.15, -0.1) is 11.8 Å². The van der Waals surface area contributed by atoms with E-state index in [1.165, 1.54) is 0 Å². The highest BCUT2D eigenvalue weighted by Gasteiger charge is 2.20. The molecule has 0 spiro atoms. The van der Waals surface area contributed by atoms with E-state index in [9.17, 15) is 4.79 Å². The van der Waals surface area contributed by atoms with Crippen LogP contribution in [0.15, 0.2) is 53.4 Å². The number of anilines is 1. The van der Waals surface area contributed by atoms with Crippen molar-refractivity contribution in [3.8, 4) is 5.75 Å². The van der Waals surface area contributed by atoms with E-state index in [4.69, 9.17) is 10.5 Å². The van der Waals surface area contributed by atoms with Crippen molar-refractivity contribution in [3.05, 3.63) is 54.1 Å². The van der Waals surface area contributed by atoms with Gasteiger partial charge in [0, 0.05) is 54.1 Å². The summed E-state index contributed by atoms with van der Waals surface area (Å²) in [6.45, 7) is 11.8. The predicted octanol–water partition coefficient (Wildman–Crippen LogP) is 4.51. The number of likely N-dealkylation sites (N-methyl/N-ethyl adjacent to an activating group) is 2. The van der Waals surface area contributed by atoms with E-state index >= 15 is 0 Å². The molecule has 0 heterocycles. The highest BCUT2D eigenvalue weighted by atomic mass is 32.2. The highest BCUT2D eigenvalue weighted by molar-refractivity contribution is 7.99. The largest absolute Gasteiger partial charge is 0.494 e. The van der Waals surface area contributed by atoms with Crippen LogP contribution in [-0.4, -0.2) is 55.4 Å². The maximum Gasteiger partial charge on any atom is 0.253 e. The first kappa shape index (κ1) is 24.1. The monoisotopic (exact) mass is 429 g/mol. The third kappa shape index (κ3) is 6.67. The molecule has 2 aromatic rings. The summed E-state index contributed by atoms with van der Waals surface area (Å²) < 4.78 is 5.55. The Balaban J connectivity index is 2.05. The van der Waals surface area contributed by atoms with Crippen molar-refractivity contribution in [3.63, 3.8) is 0 Å². The van der Waals surface area contributed by atoms with Crippen molar-refractivity contribution in [2.45, 2.75) is 38.6 Å². The molecule has 2 aromatic carbocycles.